The Kier molecular flexibility index (Phi) is 3.85. The number of nitrogen functional groups attached to an aromatic ring is 1. The van der Waals surface area contributed by atoms with Gasteiger partial charge in [0.1, 0.15) is 0 Å². The molecule has 91 valence electrons. The van der Waals surface area contributed by atoms with Crippen LogP contribution in [0.1, 0.15) is 25.8 Å². The van der Waals surface area contributed by atoms with E-state index in [2.05, 4.69) is 37.0 Å². The van der Waals surface area contributed by atoms with Crippen molar-refractivity contribution in [3.05, 3.63) is 41.8 Å². The summed E-state index contributed by atoms with van der Waals surface area (Å²) in [5, 5.41) is 0. The van der Waals surface area contributed by atoms with E-state index in [0.29, 0.717) is 0 Å². The van der Waals surface area contributed by atoms with E-state index in [1.165, 1.54) is 17.1 Å². The van der Waals surface area contributed by atoms with Crippen LogP contribution in [0.3, 0.4) is 0 Å². The highest BCUT2D eigenvalue weighted by Gasteiger charge is 2.13. The van der Waals surface area contributed by atoms with Crippen LogP contribution in [0.2, 0.25) is 0 Å². The van der Waals surface area contributed by atoms with E-state index in [0.717, 1.165) is 31.7 Å². The van der Waals surface area contributed by atoms with Crippen LogP contribution in [0, 0.1) is 5.92 Å². The second-order valence-corrected chi connectivity index (χ2v) is 5.04. The maximum atomic E-state index is 5.70. The molecule has 0 fully saturated rings. The van der Waals surface area contributed by atoms with E-state index in [1.807, 2.05) is 12.1 Å². The Balaban J connectivity index is 2.00. The lowest BCUT2D eigenvalue weighted by atomic mass is 9.99. The first-order valence-corrected chi connectivity index (χ1v) is 6.21. The minimum Gasteiger partial charge on any atom is -0.399 e. The molecule has 2 N–H and O–H groups in total. The number of nitrogens with two attached hydrogens (primary N) is 1. The molecule has 1 heterocycles. The van der Waals surface area contributed by atoms with Gasteiger partial charge < -0.3 is 5.73 Å². The predicted octanol–water partition coefficient (Wildman–Crippen LogP) is 2.97. The van der Waals surface area contributed by atoms with Crippen molar-refractivity contribution in [3.63, 3.8) is 0 Å². The molecule has 0 bridgehead atoms. The van der Waals surface area contributed by atoms with Gasteiger partial charge in [-0.05, 0) is 35.6 Å². The molecule has 0 spiro atoms. The standard InChI is InChI=1S/C15H21N2/c1-12(2)11-17-9-7-14(8-10-17)13-3-5-15(16)6-4-13/h3-7H,8-11,16H2,1-2H3. The molecular formula is C15H21N2. The number of anilines is 1. The molecule has 1 radical (unpaired) electrons. The maximum absolute atomic E-state index is 5.70. The van der Waals surface area contributed by atoms with Gasteiger partial charge in [0.2, 0.25) is 0 Å². The predicted molar refractivity (Wildman–Crippen MR) is 74.5 cm³/mol. The first-order chi connectivity index (χ1) is 8.15. The van der Waals surface area contributed by atoms with Crippen molar-refractivity contribution in [3.8, 4) is 0 Å². The normalized spacial score (nSPS) is 17.2. The smallest absolute Gasteiger partial charge is 0.0314 e. The van der Waals surface area contributed by atoms with Crippen LogP contribution in [0.15, 0.2) is 30.3 Å². The highest BCUT2D eigenvalue weighted by molar-refractivity contribution is 5.67. The Morgan fingerprint density at radius 3 is 2.47 bits per heavy atom. The molecule has 2 heteroatoms. The third-order valence-corrected chi connectivity index (χ3v) is 3.11. The third kappa shape index (κ3) is 3.34. The summed E-state index contributed by atoms with van der Waals surface area (Å²) in [4.78, 5) is 2.48. The van der Waals surface area contributed by atoms with Crippen LogP contribution >= 0.6 is 0 Å². The first-order valence-electron chi connectivity index (χ1n) is 6.21. The Hall–Kier alpha value is -1.28. The Morgan fingerprint density at radius 1 is 1.24 bits per heavy atom. The number of nitrogens with zero attached hydrogens (tertiary/aromatic N) is 1. The molecule has 0 saturated heterocycles. The summed E-state index contributed by atoms with van der Waals surface area (Å²) in [6, 6.07) is 8.20. The molecule has 1 aliphatic rings. The number of benzene rings is 1. The Morgan fingerprint density at radius 2 is 1.94 bits per heavy atom. The highest BCUT2D eigenvalue weighted by Crippen LogP contribution is 2.23. The van der Waals surface area contributed by atoms with Crippen molar-refractivity contribution >= 4 is 11.3 Å². The summed E-state index contributed by atoms with van der Waals surface area (Å²) in [5.41, 5.74) is 9.31. The summed E-state index contributed by atoms with van der Waals surface area (Å²) in [7, 11) is 0. The van der Waals surface area contributed by atoms with Crippen LogP contribution in [0.4, 0.5) is 5.69 Å². The zero-order valence-electron chi connectivity index (χ0n) is 10.7. The third-order valence-electron chi connectivity index (χ3n) is 3.11. The summed E-state index contributed by atoms with van der Waals surface area (Å²) in [6.07, 6.45) is 3.48. The fourth-order valence-electron chi connectivity index (χ4n) is 2.26. The summed E-state index contributed by atoms with van der Waals surface area (Å²) in [6.45, 7) is 7.72. The Labute approximate surface area is 104 Å². The van der Waals surface area contributed by atoms with Crippen LogP contribution in [-0.2, 0) is 0 Å². The molecular weight excluding hydrogens is 208 g/mol. The molecule has 2 nitrogen and oxygen atoms in total. The molecule has 1 aromatic carbocycles. The summed E-state index contributed by atoms with van der Waals surface area (Å²) in [5.74, 6) is 1.48. The van der Waals surface area contributed by atoms with Gasteiger partial charge in [0, 0.05) is 25.3 Å². The summed E-state index contributed by atoms with van der Waals surface area (Å²) < 4.78 is 0. The molecule has 0 saturated carbocycles. The second kappa shape index (κ2) is 5.37. The van der Waals surface area contributed by atoms with E-state index >= 15 is 0 Å². The van der Waals surface area contributed by atoms with Gasteiger partial charge >= 0.3 is 0 Å². The monoisotopic (exact) mass is 229 g/mol. The molecule has 0 aliphatic carbocycles. The van der Waals surface area contributed by atoms with Gasteiger partial charge in [-0.3, -0.25) is 4.90 Å². The molecule has 17 heavy (non-hydrogen) atoms. The molecule has 1 aromatic rings. The topological polar surface area (TPSA) is 29.3 Å². The average Bonchev–Trinajstić information content (AvgIpc) is 2.30. The van der Waals surface area contributed by atoms with Crippen molar-refractivity contribution in [2.45, 2.75) is 20.3 Å². The molecule has 2 rings (SSSR count). The average molecular weight is 229 g/mol. The van der Waals surface area contributed by atoms with Gasteiger partial charge in [-0.1, -0.05) is 32.1 Å². The summed E-state index contributed by atoms with van der Waals surface area (Å²) >= 11 is 0. The fourth-order valence-corrected chi connectivity index (χ4v) is 2.26. The highest BCUT2D eigenvalue weighted by atomic mass is 15.1. The fraction of sp³-hybridized carbons (Fsp3) is 0.400. The SMILES string of the molecule is C[C](C)CN1CC=C(c2ccc(N)cc2)CC1. The van der Waals surface area contributed by atoms with Crippen molar-refractivity contribution in [1.29, 1.82) is 0 Å². The van der Waals surface area contributed by atoms with E-state index in [9.17, 15) is 0 Å². The largest absolute Gasteiger partial charge is 0.399 e. The lowest BCUT2D eigenvalue weighted by Crippen LogP contribution is -2.31. The van der Waals surface area contributed by atoms with Crippen molar-refractivity contribution in [2.24, 2.45) is 0 Å². The molecule has 1 aliphatic heterocycles. The molecule has 0 atom stereocenters. The van der Waals surface area contributed by atoms with Crippen LogP contribution in [0.25, 0.3) is 5.57 Å². The maximum Gasteiger partial charge on any atom is 0.0314 e. The van der Waals surface area contributed by atoms with Gasteiger partial charge in [-0.25, -0.2) is 0 Å². The van der Waals surface area contributed by atoms with Gasteiger partial charge in [-0.15, -0.1) is 0 Å². The van der Waals surface area contributed by atoms with E-state index in [4.69, 9.17) is 5.73 Å². The van der Waals surface area contributed by atoms with Crippen LogP contribution in [-0.4, -0.2) is 24.5 Å². The van der Waals surface area contributed by atoms with Crippen LogP contribution < -0.4 is 5.73 Å². The lowest BCUT2D eigenvalue weighted by molar-refractivity contribution is 0.313. The lowest BCUT2D eigenvalue weighted by Gasteiger charge is -2.27. The van der Waals surface area contributed by atoms with Gasteiger partial charge in [0.25, 0.3) is 0 Å². The van der Waals surface area contributed by atoms with Gasteiger partial charge in [0.15, 0.2) is 0 Å². The van der Waals surface area contributed by atoms with Gasteiger partial charge in [-0.2, -0.15) is 0 Å². The number of hydrogen-bond donors (Lipinski definition) is 1. The van der Waals surface area contributed by atoms with Gasteiger partial charge in [0.05, 0.1) is 0 Å². The number of hydrogen-bond acceptors (Lipinski definition) is 2. The molecule has 0 aromatic heterocycles. The minimum atomic E-state index is 0.836. The second-order valence-electron chi connectivity index (χ2n) is 5.04. The van der Waals surface area contributed by atoms with E-state index < -0.39 is 0 Å². The first kappa shape index (κ1) is 12.2. The van der Waals surface area contributed by atoms with Crippen molar-refractivity contribution in [2.75, 3.05) is 25.4 Å². The number of rotatable bonds is 3. The van der Waals surface area contributed by atoms with E-state index in [-0.39, 0.29) is 0 Å². The molecule has 0 unspecified atom stereocenters. The quantitative estimate of drug-likeness (QED) is 0.807. The van der Waals surface area contributed by atoms with Crippen molar-refractivity contribution in [1.82, 2.24) is 4.90 Å². The van der Waals surface area contributed by atoms with E-state index in [1.54, 1.807) is 0 Å². The zero-order valence-corrected chi connectivity index (χ0v) is 10.7. The molecule has 0 amide bonds. The zero-order chi connectivity index (χ0) is 12.3. The minimum absolute atomic E-state index is 0.836. The van der Waals surface area contributed by atoms with Crippen molar-refractivity contribution < 1.29 is 0 Å². The Bertz CT molecular complexity index is 390. The van der Waals surface area contributed by atoms with Crippen LogP contribution in [0.5, 0.6) is 0 Å².